The molecule has 0 N–H and O–H groups in total. The van der Waals surface area contributed by atoms with Crippen molar-refractivity contribution in [2.24, 2.45) is 0 Å². The van der Waals surface area contributed by atoms with Crippen LogP contribution in [0.5, 0.6) is 5.75 Å². The van der Waals surface area contributed by atoms with Gasteiger partial charge >= 0.3 is 0 Å². The lowest BCUT2D eigenvalue weighted by atomic mass is 10.1. The van der Waals surface area contributed by atoms with Crippen LogP contribution in [0.15, 0.2) is 84.9 Å². The Labute approximate surface area is 176 Å². The Bertz CT molecular complexity index is 1340. The minimum Gasteiger partial charge on any atom is -0.491 e. The first-order chi connectivity index (χ1) is 14.7. The average molecular weight is 393 g/mol. The van der Waals surface area contributed by atoms with Crippen molar-refractivity contribution >= 4 is 21.8 Å². The number of fused-ring (bicyclic) bond motifs is 2. The second kappa shape index (κ2) is 7.68. The predicted octanol–water partition coefficient (Wildman–Crippen LogP) is 6.55. The molecule has 3 heteroatoms. The van der Waals surface area contributed by atoms with E-state index in [1.165, 1.54) is 22.1 Å². The molecule has 1 aromatic heterocycles. The van der Waals surface area contributed by atoms with Gasteiger partial charge < -0.3 is 9.30 Å². The molecule has 0 aliphatic rings. The van der Waals surface area contributed by atoms with Crippen molar-refractivity contribution in [2.75, 3.05) is 6.61 Å². The number of hydrogen-bond acceptors (Lipinski definition) is 2. The summed E-state index contributed by atoms with van der Waals surface area (Å²) in [5.41, 5.74) is 5.81. The molecule has 0 radical (unpaired) electrons. The molecule has 0 bridgehead atoms. The quantitative estimate of drug-likeness (QED) is 0.339. The van der Waals surface area contributed by atoms with Crippen LogP contribution in [0, 0.1) is 13.8 Å². The van der Waals surface area contributed by atoms with Gasteiger partial charge in [0.15, 0.2) is 0 Å². The average Bonchev–Trinajstić information content (AvgIpc) is 3.12. The summed E-state index contributed by atoms with van der Waals surface area (Å²) in [7, 11) is 0. The van der Waals surface area contributed by atoms with Crippen LogP contribution in [0.4, 0.5) is 0 Å². The molecule has 1 heterocycles. The lowest BCUT2D eigenvalue weighted by molar-refractivity contribution is 0.304. The number of para-hydroxylation sites is 2. The third kappa shape index (κ3) is 3.33. The summed E-state index contributed by atoms with van der Waals surface area (Å²) in [6.07, 6.45) is 0. The molecular formula is C27H24N2O. The number of nitrogens with zero attached hydrogens (tertiary/aromatic N) is 2. The van der Waals surface area contributed by atoms with Crippen molar-refractivity contribution in [3.63, 3.8) is 0 Å². The van der Waals surface area contributed by atoms with Crippen molar-refractivity contribution in [2.45, 2.75) is 20.4 Å². The Balaban J connectivity index is 1.49. The minimum absolute atomic E-state index is 0.576. The van der Waals surface area contributed by atoms with E-state index in [2.05, 4.69) is 85.1 Å². The highest BCUT2D eigenvalue weighted by Gasteiger charge is 2.14. The van der Waals surface area contributed by atoms with Gasteiger partial charge in [0.2, 0.25) is 0 Å². The van der Waals surface area contributed by atoms with Crippen molar-refractivity contribution in [1.29, 1.82) is 0 Å². The molecule has 0 atom stereocenters. The van der Waals surface area contributed by atoms with Gasteiger partial charge in [0, 0.05) is 10.9 Å². The Morgan fingerprint density at radius 1 is 0.833 bits per heavy atom. The fourth-order valence-electron chi connectivity index (χ4n) is 4.14. The van der Waals surface area contributed by atoms with Crippen LogP contribution in [-0.2, 0) is 6.54 Å². The standard InChI is InChI=1S/C27H24N2O/c1-19-14-15-22(20(2)18-19)27-28-24-11-5-6-12-25(24)29(27)16-17-30-26-13-7-9-21-8-3-4-10-23(21)26/h3-15,18H,16-17H2,1-2H3. The highest BCUT2D eigenvalue weighted by Crippen LogP contribution is 2.29. The molecule has 0 saturated heterocycles. The van der Waals surface area contributed by atoms with Gasteiger partial charge in [0.05, 0.1) is 17.6 Å². The van der Waals surface area contributed by atoms with Gasteiger partial charge in [0.1, 0.15) is 18.2 Å². The molecule has 0 aliphatic carbocycles. The van der Waals surface area contributed by atoms with Crippen LogP contribution in [0.3, 0.4) is 0 Å². The van der Waals surface area contributed by atoms with E-state index in [0.29, 0.717) is 6.61 Å². The maximum Gasteiger partial charge on any atom is 0.141 e. The number of benzene rings is 4. The maximum atomic E-state index is 6.23. The molecule has 0 amide bonds. The first-order valence-electron chi connectivity index (χ1n) is 10.3. The van der Waals surface area contributed by atoms with E-state index in [4.69, 9.17) is 9.72 Å². The monoisotopic (exact) mass is 392 g/mol. The minimum atomic E-state index is 0.576. The third-order valence-corrected chi connectivity index (χ3v) is 5.60. The topological polar surface area (TPSA) is 27.1 Å². The van der Waals surface area contributed by atoms with Gasteiger partial charge in [-0.05, 0) is 43.0 Å². The van der Waals surface area contributed by atoms with Crippen LogP contribution in [0.25, 0.3) is 33.2 Å². The van der Waals surface area contributed by atoms with E-state index < -0.39 is 0 Å². The van der Waals surface area contributed by atoms with Crippen LogP contribution in [0.2, 0.25) is 0 Å². The molecule has 5 aromatic rings. The van der Waals surface area contributed by atoms with Crippen molar-refractivity contribution in [3.8, 4) is 17.1 Å². The van der Waals surface area contributed by atoms with E-state index in [1.807, 2.05) is 18.2 Å². The Hall–Kier alpha value is -3.59. The number of ether oxygens (including phenoxy) is 1. The lowest BCUT2D eigenvalue weighted by Crippen LogP contribution is -2.10. The van der Waals surface area contributed by atoms with Gasteiger partial charge in [-0.25, -0.2) is 4.98 Å². The molecule has 4 aromatic carbocycles. The molecule has 0 saturated carbocycles. The molecule has 0 spiro atoms. The molecule has 0 unspecified atom stereocenters. The summed E-state index contributed by atoms with van der Waals surface area (Å²) in [6, 6.07) is 29.4. The third-order valence-electron chi connectivity index (χ3n) is 5.60. The Morgan fingerprint density at radius 2 is 1.63 bits per heavy atom. The fourth-order valence-corrected chi connectivity index (χ4v) is 4.14. The zero-order valence-corrected chi connectivity index (χ0v) is 17.3. The summed E-state index contributed by atoms with van der Waals surface area (Å²) in [5, 5.41) is 2.34. The summed E-state index contributed by atoms with van der Waals surface area (Å²) >= 11 is 0. The van der Waals surface area contributed by atoms with Crippen LogP contribution < -0.4 is 4.74 Å². The number of aromatic nitrogens is 2. The summed E-state index contributed by atoms with van der Waals surface area (Å²) in [5.74, 6) is 1.92. The number of hydrogen-bond donors (Lipinski definition) is 0. The van der Waals surface area contributed by atoms with Gasteiger partial charge in [-0.1, -0.05) is 72.3 Å². The van der Waals surface area contributed by atoms with E-state index in [-0.39, 0.29) is 0 Å². The van der Waals surface area contributed by atoms with E-state index in [0.717, 1.165) is 34.5 Å². The van der Waals surface area contributed by atoms with Crippen molar-refractivity contribution < 1.29 is 4.74 Å². The summed E-state index contributed by atoms with van der Waals surface area (Å²) in [4.78, 5) is 4.96. The van der Waals surface area contributed by atoms with Crippen molar-refractivity contribution in [3.05, 3.63) is 96.1 Å². The molecule has 0 fully saturated rings. The molecular weight excluding hydrogens is 368 g/mol. The summed E-state index contributed by atoms with van der Waals surface area (Å²) in [6.45, 7) is 5.58. The predicted molar refractivity (Wildman–Crippen MR) is 124 cm³/mol. The first kappa shape index (κ1) is 18.4. The van der Waals surface area contributed by atoms with Gasteiger partial charge in [-0.3, -0.25) is 0 Å². The van der Waals surface area contributed by atoms with Crippen LogP contribution in [-0.4, -0.2) is 16.2 Å². The normalized spacial score (nSPS) is 11.3. The molecule has 30 heavy (non-hydrogen) atoms. The van der Waals surface area contributed by atoms with E-state index in [9.17, 15) is 0 Å². The summed E-state index contributed by atoms with van der Waals surface area (Å²) < 4.78 is 8.51. The second-order valence-electron chi connectivity index (χ2n) is 7.72. The maximum absolute atomic E-state index is 6.23. The number of imidazole rings is 1. The lowest BCUT2D eigenvalue weighted by Gasteiger charge is -2.13. The Morgan fingerprint density at radius 3 is 2.53 bits per heavy atom. The van der Waals surface area contributed by atoms with Crippen molar-refractivity contribution in [1.82, 2.24) is 9.55 Å². The number of rotatable bonds is 5. The smallest absolute Gasteiger partial charge is 0.141 e. The highest BCUT2D eigenvalue weighted by atomic mass is 16.5. The first-order valence-corrected chi connectivity index (χ1v) is 10.3. The van der Waals surface area contributed by atoms with Crippen LogP contribution >= 0.6 is 0 Å². The SMILES string of the molecule is Cc1ccc(-c2nc3ccccc3n2CCOc2cccc3ccccc23)c(C)c1. The molecule has 0 aliphatic heterocycles. The van der Waals surface area contributed by atoms with Gasteiger partial charge in [0.25, 0.3) is 0 Å². The van der Waals surface area contributed by atoms with Gasteiger partial charge in [-0.15, -0.1) is 0 Å². The van der Waals surface area contributed by atoms with Gasteiger partial charge in [-0.2, -0.15) is 0 Å². The zero-order chi connectivity index (χ0) is 20.5. The molecule has 3 nitrogen and oxygen atoms in total. The molecule has 148 valence electrons. The fraction of sp³-hybridized carbons (Fsp3) is 0.148. The Kier molecular flexibility index (Phi) is 4.72. The largest absolute Gasteiger partial charge is 0.491 e. The highest BCUT2D eigenvalue weighted by molar-refractivity contribution is 5.88. The second-order valence-corrected chi connectivity index (χ2v) is 7.72. The zero-order valence-electron chi connectivity index (χ0n) is 17.3. The van der Waals surface area contributed by atoms with E-state index in [1.54, 1.807) is 0 Å². The number of aryl methyl sites for hydroxylation is 2. The van der Waals surface area contributed by atoms with Crippen LogP contribution in [0.1, 0.15) is 11.1 Å². The molecule has 5 rings (SSSR count). The van der Waals surface area contributed by atoms with E-state index >= 15 is 0 Å².